The molecule has 1 radical (unpaired) electrons. The zero-order chi connectivity index (χ0) is 11.1. The molecule has 15 heavy (non-hydrogen) atoms. The molecule has 0 heterocycles. The predicted molar refractivity (Wildman–Crippen MR) is 61.3 cm³/mol. The highest BCUT2D eigenvalue weighted by Crippen LogP contribution is 2.30. The summed E-state index contributed by atoms with van der Waals surface area (Å²) >= 11 is 0. The van der Waals surface area contributed by atoms with Gasteiger partial charge in [0.2, 0.25) is 0 Å². The number of ether oxygens (including phenoxy) is 1. The molecule has 1 aliphatic rings. The van der Waals surface area contributed by atoms with E-state index in [0.29, 0.717) is 5.92 Å². The van der Waals surface area contributed by atoms with Crippen molar-refractivity contribution < 1.29 is 9.53 Å². The number of hydrogen-bond acceptors (Lipinski definition) is 2. The summed E-state index contributed by atoms with van der Waals surface area (Å²) in [6.45, 7) is 3.89. The molecular weight excluding hydrogens is 188 g/mol. The van der Waals surface area contributed by atoms with Crippen molar-refractivity contribution in [3.63, 3.8) is 0 Å². The molecule has 0 amide bonds. The third kappa shape index (κ3) is 4.23. The van der Waals surface area contributed by atoms with Crippen molar-refractivity contribution in [2.75, 3.05) is 0 Å². The van der Waals surface area contributed by atoms with Crippen LogP contribution in [0.5, 0.6) is 0 Å². The van der Waals surface area contributed by atoms with Crippen LogP contribution in [0.15, 0.2) is 0 Å². The molecular formula is C13H23O2. The molecule has 0 aromatic carbocycles. The lowest BCUT2D eigenvalue weighted by atomic mass is 9.84. The summed E-state index contributed by atoms with van der Waals surface area (Å²) in [5.41, 5.74) is 0. The topological polar surface area (TPSA) is 26.3 Å². The molecule has 0 aliphatic heterocycles. The Morgan fingerprint density at radius 1 is 1.40 bits per heavy atom. The average Bonchev–Trinajstić information content (AvgIpc) is 2.29. The average molecular weight is 211 g/mol. The molecule has 0 N–H and O–H groups in total. The Bertz CT molecular complexity index is 183. The largest absolute Gasteiger partial charge is 0.462 e. The van der Waals surface area contributed by atoms with Gasteiger partial charge >= 0.3 is 5.97 Å². The van der Waals surface area contributed by atoms with Crippen LogP contribution in [0.2, 0.25) is 0 Å². The molecule has 1 unspecified atom stereocenters. The van der Waals surface area contributed by atoms with Crippen LogP contribution in [0, 0.1) is 12.3 Å². The summed E-state index contributed by atoms with van der Waals surface area (Å²) in [4.78, 5) is 11.3. The number of carbonyl (C=O) groups is 1. The van der Waals surface area contributed by atoms with E-state index in [1.807, 2.05) is 0 Å². The van der Waals surface area contributed by atoms with Gasteiger partial charge in [-0.1, -0.05) is 39.5 Å². The van der Waals surface area contributed by atoms with Gasteiger partial charge in [0.25, 0.3) is 0 Å². The predicted octanol–water partition coefficient (Wildman–Crippen LogP) is 3.50. The van der Waals surface area contributed by atoms with Gasteiger partial charge in [0.15, 0.2) is 0 Å². The Morgan fingerprint density at radius 3 is 2.60 bits per heavy atom. The molecule has 1 fully saturated rings. The quantitative estimate of drug-likeness (QED) is 0.650. The Hall–Kier alpha value is -0.530. The zero-order valence-electron chi connectivity index (χ0n) is 10.00. The molecule has 2 nitrogen and oxygen atoms in total. The molecule has 87 valence electrons. The van der Waals surface area contributed by atoms with Crippen molar-refractivity contribution in [1.82, 2.24) is 0 Å². The van der Waals surface area contributed by atoms with Gasteiger partial charge < -0.3 is 4.74 Å². The SMILES string of the molecule is C[CH]C(=O)OC(CCC)C1CCCCC1. The van der Waals surface area contributed by atoms with Crippen LogP contribution in [0.1, 0.15) is 58.8 Å². The number of esters is 1. The van der Waals surface area contributed by atoms with E-state index in [9.17, 15) is 4.79 Å². The summed E-state index contributed by atoms with van der Waals surface area (Å²) < 4.78 is 5.49. The molecule has 1 saturated carbocycles. The Morgan fingerprint density at radius 2 is 2.07 bits per heavy atom. The highest BCUT2D eigenvalue weighted by molar-refractivity contribution is 5.78. The smallest absolute Gasteiger partial charge is 0.309 e. The summed E-state index contributed by atoms with van der Waals surface area (Å²) in [6.07, 6.45) is 10.2. The van der Waals surface area contributed by atoms with Gasteiger partial charge in [-0.25, -0.2) is 0 Å². The third-order valence-electron chi connectivity index (χ3n) is 3.25. The van der Waals surface area contributed by atoms with Crippen LogP contribution in [-0.2, 0) is 9.53 Å². The lowest BCUT2D eigenvalue weighted by Gasteiger charge is -2.29. The highest BCUT2D eigenvalue weighted by atomic mass is 16.5. The van der Waals surface area contributed by atoms with E-state index in [2.05, 4.69) is 6.92 Å². The first-order valence-corrected chi connectivity index (χ1v) is 6.28. The molecule has 0 aromatic heterocycles. The number of hydrogen-bond donors (Lipinski definition) is 0. The van der Waals surface area contributed by atoms with Crippen LogP contribution in [0.4, 0.5) is 0 Å². The fourth-order valence-electron chi connectivity index (χ4n) is 2.40. The van der Waals surface area contributed by atoms with E-state index in [1.165, 1.54) is 38.5 Å². The molecule has 0 aromatic rings. The van der Waals surface area contributed by atoms with Crippen molar-refractivity contribution in [2.45, 2.75) is 64.9 Å². The van der Waals surface area contributed by atoms with Gasteiger partial charge in [0.05, 0.1) is 6.42 Å². The van der Waals surface area contributed by atoms with Crippen LogP contribution in [0.25, 0.3) is 0 Å². The Kier molecular flexibility index (Phi) is 5.74. The van der Waals surface area contributed by atoms with Crippen molar-refractivity contribution in [3.8, 4) is 0 Å². The van der Waals surface area contributed by atoms with Crippen LogP contribution in [0.3, 0.4) is 0 Å². The van der Waals surface area contributed by atoms with E-state index in [1.54, 1.807) is 6.92 Å². The van der Waals surface area contributed by atoms with Crippen LogP contribution < -0.4 is 0 Å². The Balaban J connectivity index is 2.43. The minimum atomic E-state index is -0.154. The highest BCUT2D eigenvalue weighted by Gasteiger charge is 2.25. The third-order valence-corrected chi connectivity index (χ3v) is 3.25. The molecule has 1 aliphatic carbocycles. The lowest BCUT2D eigenvalue weighted by Crippen LogP contribution is -2.28. The van der Waals surface area contributed by atoms with E-state index in [4.69, 9.17) is 4.74 Å². The standard InChI is InChI=1S/C13H23O2/c1-3-8-12(15-13(14)4-2)11-9-6-5-7-10-11/h4,11-12H,3,5-10H2,1-2H3. The van der Waals surface area contributed by atoms with E-state index < -0.39 is 0 Å². The van der Waals surface area contributed by atoms with Crippen molar-refractivity contribution in [1.29, 1.82) is 0 Å². The summed E-state index contributed by atoms with van der Waals surface area (Å²) in [5, 5.41) is 0. The van der Waals surface area contributed by atoms with E-state index in [-0.39, 0.29) is 12.1 Å². The maximum atomic E-state index is 11.3. The van der Waals surface area contributed by atoms with E-state index in [0.717, 1.165) is 12.8 Å². The lowest BCUT2D eigenvalue weighted by molar-refractivity contribution is -0.148. The molecule has 2 heteroatoms. The summed E-state index contributed by atoms with van der Waals surface area (Å²) in [7, 11) is 0. The molecule has 0 spiro atoms. The maximum absolute atomic E-state index is 11.3. The summed E-state index contributed by atoms with van der Waals surface area (Å²) in [5.74, 6) is 0.460. The second kappa shape index (κ2) is 6.86. The van der Waals surface area contributed by atoms with Gasteiger partial charge in [-0.2, -0.15) is 0 Å². The summed E-state index contributed by atoms with van der Waals surface area (Å²) in [6, 6.07) is 0. The minimum absolute atomic E-state index is 0.154. The van der Waals surface area contributed by atoms with E-state index >= 15 is 0 Å². The number of rotatable bonds is 5. The first kappa shape index (κ1) is 12.5. The normalized spacial score (nSPS) is 19.9. The second-order valence-electron chi connectivity index (χ2n) is 4.45. The van der Waals surface area contributed by atoms with Gasteiger partial charge in [-0.3, -0.25) is 4.79 Å². The Labute approximate surface area is 93.4 Å². The minimum Gasteiger partial charge on any atom is -0.462 e. The monoisotopic (exact) mass is 211 g/mol. The van der Waals surface area contributed by atoms with Gasteiger partial charge in [0.1, 0.15) is 6.10 Å². The first-order chi connectivity index (χ1) is 7.27. The fourth-order valence-corrected chi connectivity index (χ4v) is 2.40. The molecule has 1 atom stereocenters. The van der Waals surface area contributed by atoms with Crippen LogP contribution >= 0.6 is 0 Å². The van der Waals surface area contributed by atoms with Gasteiger partial charge in [0, 0.05) is 0 Å². The van der Waals surface area contributed by atoms with Gasteiger partial charge in [-0.05, 0) is 25.2 Å². The van der Waals surface area contributed by atoms with Gasteiger partial charge in [-0.15, -0.1) is 0 Å². The van der Waals surface area contributed by atoms with Crippen LogP contribution in [-0.4, -0.2) is 12.1 Å². The second-order valence-corrected chi connectivity index (χ2v) is 4.45. The first-order valence-electron chi connectivity index (χ1n) is 6.28. The van der Waals surface area contributed by atoms with Crippen molar-refractivity contribution in [3.05, 3.63) is 6.42 Å². The van der Waals surface area contributed by atoms with Crippen molar-refractivity contribution in [2.24, 2.45) is 5.92 Å². The number of carbonyl (C=O) groups excluding carboxylic acids is 1. The molecule has 0 bridgehead atoms. The fraction of sp³-hybridized carbons (Fsp3) is 0.846. The zero-order valence-corrected chi connectivity index (χ0v) is 10.00. The van der Waals surface area contributed by atoms with Crippen molar-refractivity contribution >= 4 is 5.97 Å². The molecule has 0 saturated heterocycles. The molecule has 1 rings (SSSR count). The maximum Gasteiger partial charge on any atom is 0.309 e.